The van der Waals surface area contributed by atoms with Crippen LogP contribution in [0.2, 0.25) is 5.02 Å². The van der Waals surface area contributed by atoms with Gasteiger partial charge in [-0.25, -0.2) is 4.39 Å². The average Bonchev–Trinajstić information content (AvgIpc) is 2.14. The monoisotopic (exact) mass is 233 g/mol. The Kier molecular flexibility index (Phi) is 3.77. The molecule has 1 aromatic carbocycles. The second-order valence-electron chi connectivity index (χ2n) is 3.39. The number of methoxy groups -OCH3 is 1. The first-order valence-electron chi connectivity index (χ1n) is 4.46. The van der Waals surface area contributed by atoms with Crippen molar-refractivity contribution in [1.29, 1.82) is 0 Å². The number of benzene rings is 1. The zero-order valence-corrected chi connectivity index (χ0v) is 9.31. The van der Waals surface area contributed by atoms with Gasteiger partial charge in [0.1, 0.15) is 0 Å². The molecule has 1 rings (SSSR count). The Morgan fingerprint density at radius 1 is 1.67 bits per heavy atom. The minimum Gasteiger partial charge on any atom is -0.504 e. The van der Waals surface area contributed by atoms with E-state index in [2.05, 4.69) is 0 Å². The van der Waals surface area contributed by atoms with Crippen LogP contribution in [0, 0.1) is 5.82 Å². The summed E-state index contributed by atoms with van der Waals surface area (Å²) in [7, 11) is 1.27. The van der Waals surface area contributed by atoms with Gasteiger partial charge < -0.3 is 15.6 Å². The van der Waals surface area contributed by atoms with Crippen LogP contribution in [-0.4, -0.2) is 18.3 Å². The Balaban J connectivity index is 3.24. The fraction of sp³-hybridized carbons (Fsp3) is 0.400. The molecule has 3 N–H and O–H groups in total. The summed E-state index contributed by atoms with van der Waals surface area (Å²) in [6, 6.07) is 1.21. The van der Waals surface area contributed by atoms with Gasteiger partial charge in [-0.1, -0.05) is 11.6 Å². The predicted octanol–water partition coefficient (Wildman–Crippen LogP) is 2.08. The van der Waals surface area contributed by atoms with Gasteiger partial charge in [0.15, 0.2) is 17.3 Å². The topological polar surface area (TPSA) is 55.5 Å². The van der Waals surface area contributed by atoms with Crippen molar-refractivity contribution in [3.8, 4) is 11.5 Å². The summed E-state index contributed by atoms with van der Waals surface area (Å²) >= 11 is 5.65. The number of hydrogen-bond acceptors (Lipinski definition) is 3. The van der Waals surface area contributed by atoms with Crippen LogP contribution in [0.25, 0.3) is 0 Å². The summed E-state index contributed by atoms with van der Waals surface area (Å²) in [5.41, 5.74) is 6.06. The molecular formula is C10H13ClFNO2. The molecule has 0 spiro atoms. The van der Waals surface area contributed by atoms with E-state index in [9.17, 15) is 9.50 Å². The highest BCUT2D eigenvalue weighted by atomic mass is 35.5. The zero-order valence-electron chi connectivity index (χ0n) is 8.55. The SMILES string of the molecule is COc1c(O)c(CC(C)N)cc(Cl)c1F. The zero-order chi connectivity index (χ0) is 11.6. The molecule has 15 heavy (non-hydrogen) atoms. The number of aromatic hydroxyl groups is 1. The van der Waals surface area contributed by atoms with E-state index in [4.69, 9.17) is 22.1 Å². The van der Waals surface area contributed by atoms with Crippen LogP contribution >= 0.6 is 11.6 Å². The highest BCUT2D eigenvalue weighted by molar-refractivity contribution is 6.31. The number of nitrogens with two attached hydrogens (primary N) is 1. The molecule has 1 unspecified atom stereocenters. The fourth-order valence-electron chi connectivity index (χ4n) is 1.33. The van der Waals surface area contributed by atoms with E-state index in [1.807, 2.05) is 0 Å². The molecule has 84 valence electrons. The fourth-order valence-corrected chi connectivity index (χ4v) is 1.55. The number of halogens is 2. The quantitative estimate of drug-likeness (QED) is 0.841. The van der Waals surface area contributed by atoms with E-state index >= 15 is 0 Å². The predicted molar refractivity (Wildman–Crippen MR) is 57.0 cm³/mol. The van der Waals surface area contributed by atoms with Crippen molar-refractivity contribution in [2.45, 2.75) is 19.4 Å². The third-order valence-corrected chi connectivity index (χ3v) is 2.25. The Bertz CT molecular complexity index is 369. The molecule has 0 bridgehead atoms. The number of phenols is 1. The molecule has 0 radical (unpaired) electrons. The molecule has 0 aliphatic carbocycles. The van der Waals surface area contributed by atoms with Crippen LogP contribution in [0.4, 0.5) is 4.39 Å². The maximum atomic E-state index is 13.3. The maximum Gasteiger partial charge on any atom is 0.198 e. The van der Waals surface area contributed by atoms with Crippen molar-refractivity contribution < 1.29 is 14.2 Å². The van der Waals surface area contributed by atoms with Gasteiger partial charge in [0.05, 0.1) is 12.1 Å². The summed E-state index contributed by atoms with van der Waals surface area (Å²) in [5.74, 6) is -1.24. The largest absolute Gasteiger partial charge is 0.504 e. The van der Waals surface area contributed by atoms with E-state index in [1.165, 1.54) is 13.2 Å². The molecule has 1 aromatic rings. The van der Waals surface area contributed by atoms with Gasteiger partial charge in [0.25, 0.3) is 0 Å². The first-order chi connectivity index (χ1) is 6.97. The highest BCUT2D eigenvalue weighted by Gasteiger charge is 2.18. The van der Waals surface area contributed by atoms with Gasteiger partial charge in [-0.2, -0.15) is 0 Å². The van der Waals surface area contributed by atoms with Gasteiger partial charge >= 0.3 is 0 Å². The standard InChI is InChI=1S/C10H13ClFNO2/c1-5(13)3-6-4-7(11)8(12)10(15-2)9(6)14/h4-5,14H,3,13H2,1-2H3. The maximum absolute atomic E-state index is 13.3. The molecule has 0 saturated heterocycles. The normalized spacial score (nSPS) is 12.6. The molecule has 0 fully saturated rings. The molecule has 0 heterocycles. The van der Waals surface area contributed by atoms with E-state index in [0.717, 1.165) is 0 Å². The van der Waals surface area contributed by atoms with Crippen LogP contribution in [0.1, 0.15) is 12.5 Å². The molecule has 0 aliphatic rings. The number of ether oxygens (including phenoxy) is 1. The van der Waals surface area contributed by atoms with Gasteiger partial charge in [0.2, 0.25) is 0 Å². The molecular weight excluding hydrogens is 221 g/mol. The van der Waals surface area contributed by atoms with Gasteiger partial charge in [-0.15, -0.1) is 0 Å². The summed E-state index contributed by atoms with van der Waals surface area (Å²) in [5, 5.41) is 9.58. The van der Waals surface area contributed by atoms with Gasteiger partial charge in [-0.05, 0) is 19.4 Å². The average molecular weight is 234 g/mol. The first-order valence-corrected chi connectivity index (χ1v) is 4.84. The van der Waals surface area contributed by atoms with Crippen molar-refractivity contribution in [3.63, 3.8) is 0 Å². The Morgan fingerprint density at radius 2 is 2.27 bits per heavy atom. The number of rotatable bonds is 3. The molecule has 1 atom stereocenters. The van der Waals surface area contributed by atoms with Gasteiger partial charge in [-0.3, -0.25) is 0 Å². The molecule has 0 amide bonds. The lowest BCUT2D eigenvalue weighted by Gasteiger charge is -2.12. The van der Waals surface area contributed by atoms with E-state index in [-0.39, 0.29) is 22.6 Å². The van der Waals surface area contributed by atoms with Crippen molar-refractivity contribution in [2.24, 2.45) is 5.73 Å². The van der Waals surface area contributed by atoms with Crippen molar-refractivity contribution in [2.75, 3.05) is 7.11 Å². The van der Waals surface area contributed by atoms with Crippen molar-refractivity contribution in [1.82, 2.24) is 0 Å². The molecule has 0 aromatic heterocycles. The smallest absolute Gasteiger partial charge is 0.198 e. The van der Waals surface area contributed by atoms with E-state index < -0.39 is 5.82 Å². The Morgan fingerprint density at radius 3 is 2.73 bits per heavy atom. The Hall–Kier alpha value is -1.00. The minimum absolute atomic E-state index is 0.0831. The number of phenolic OH excluding ortho intramolecular Hbond substituents is 1. The third kappa shape index (κ3) is 2.52. The first kappa shape index (κ1) is 12.1. The lowest BCUT2D eigenvalue weighted by atomic mass is 10.1. The summed E-state index contributed by atoms with van der Waals surface area (Å²) in [6.07, 6.45) is 0.405. The second kappa shape index (κ2) is 4.68. The van der Waals surface area contributed by atoms with Crippen LogP contribution in [-0.2, 0) is 6.42 Å². The van der Waals surface area contributed by atoms with Crippen molar-refractivity contribution in [3.05, 3.63) is 22.5 Å². The third-order valence-electron chi connectivity index (χ3n) is 1.98. The summed E-state index contributed by atoms with van der Waals surface area (Å²) < 4.78 is 18.1. The van der Waals surface area contributed by atoms with E-state index in [1.54, 1.807) is 6.92 Å². The van der Waals surface area contributed by atoms with Crippen molar-refractivity contribution >= 4 is 11.6 Å². The van der Waals surface area contributed by atoms with Crippen LogP contribution in [0.15, 0.2) is 6.07 Å². The van der Waals surface area contributed by atoms with Crippen LogP contribution in [0.3, 0.4) is 0 Å². The lowest BCUT2D eigenvalue weighted by molar-refractivity contribution is 0.348. The minimum atomic E-state index is -0.759. The second-order valence-corrected chi connectivity index (χ2v) is 3.80. The molecule has 3 nitrogen and oxygen atoms in total. The Labute approximate surface area is 92.6 Å². The lowest BCUT2D eigenvalue weighted by Crippen LogP contribution is -2.18. The highest BCUT2D eigenvalue weighted by Crippen LogP contribution is 2.37. The molecule has 5 heteroatoms. The summed E-state index contributed by atoms with van der Waals surface area (Å²) in [4.78, 5) is 0. The summed E-state index contributed by atoms with van der Waals surface area (Å²) in [6.45, 7) is 1.78. The van der Waals surface area contributed by atoms with E-state index in [0.29, 0.717) is 12.0 Å². The van der Waals surface area contributed by atoms with Crippen LogP contribution in [0.5, 0.6) is 11.5 Å². The number of hydrogen-bond donors (Lipinski definition) is 2. The molecule has 0 saturated carbocycles. The molecule has 0 aliphatic heterocycles. The van der Waals surface area contributed by atoms with Crippen LogP contribution < -0.4 is 10.5 Å². The van der Waals surface area contributed by atoms with Gasteiger partial charge in [0, 0.05) is 11.6 Å².